The van der Waals surface area contributed by atoms with Crippen LogP contribution in [0.3, 0.4) is 0 Å². The molecule has 2 rings (SSSR count). The number of hydrogen-bond acceptors (Lipinski definition) is 3. The molecule has 1 aromatic heterocycles. The molecule has 1 atom stereocenters. The molecule has 0 bridgehead atoms. The minimum Gasteiger partial charge on any atom is -0.324 e. The lowest BCUT2D eigenvalue weighted by molar-refractivity contribution is 0.658. The van der Waals surface area contributed by atoms with Crippen molar-refractivity contribution < 1.29 is 0 Å². The second kappa shape index (κ2) is 4.23. The fourth-order valence-electron chi connectivity index (χ4n) is 1.51. The topological polar surface area (TPSA) is 56.7 Å². The molecule has 2 aromatic rings. The second-order valence-electron chi connectivity index (χ2n) is 3.58. The van der Waals surface area contributed by atoms with Gasteiger partial charge in [-0.2, -0.15) is 0 Å². The van der Waals surface area contributed by atoms with Crippen molar-refractivity contribution in [3.8, 4) is 0 Å². The molecule has 1 aromatic carbocycles. The van der Waals surface area contributed by atoms with Crippen molar-refractivity contribution in [2.75, 3.05) is 0 Å². The SMILES string of the molecule is Cn1cnnc1CC(N)c1ccccc1. The highest BCUT2D eigenvalue weighted by Crippen LogP contribution is 2.13. The van der Waals surface area contributed by atoms with E-state index in [2.05, 4.69) is 10.2 Å². The third-order valence-electron chi connectivity index (χ3n) is 2.44. The van der Waals surface area contributed by atoms with Crippen LogP contribution in [0.25, 0.3) is 0 Å². The molecular formula is C11H14N4. The summed E-state index contributed by atoms with van der Waals surface area (Å²) in [5.74, 6) is 0.909. The van der Waals surface area contributed by atoms with Crippen LogP contribution in [-0.4, -0.2) is 14.8 Å². The normalized spacial score (nSPS) is 12.7. The predicted molar refractivity (Wildman–Crippen MR) is 58.1 cm³/mol. The van der Waals surface area contributed by atoms with E-state index in [1.807, 2.05) is 41.9 Å². The minimum absolute atomic E-state index is 0.0194. The first-order valence-electron chi connectivity index (χ1n) is 4.91. The lowest BCUT2D eigenvalue weighted by Crippen LogP contribution is -2.15. The van der Waals surface area contributed by atoms with Crippen LogP contribution < -0.4 is 5.73 Å². The predicted octanol–water partition coefficient (Wildman–Crippen LogP) is 1.06. The van der Waals surface area contributed by atoms with Gasteiger partial charge in [-0.25, -0.2) is 0 Å². The Morgan fingerprint density at radius 3 is 2.67 bits per heavy atom. The zero-order chi connectivity index (χ0) is 10.7. The van der Waals surface area contributed by atoms with Gasteiger partial charge in [-0.15, -0.1) is 10.2 Å². The van der Waals surface area contributed by atoms with Crippen molar-refractivity contribution in [1.82, 2.24) is 14.8 Å². The highest BCUT2D eigenvalue weighted by Gasteiger charge is 2.09. The second-order valence-corrected chi connectivity index (χ2v) is 3.58. The molecule has 0 fully saturated rings. The molecule has 15 heavy (non-hydrogen) atoms. The van der Waals surface area contributed by atoms with Gasteiger partial charge in [-0.1, -0.05) is 30.3 Å². The number of aromatic nitrogens is 3. The third-order valence-corrected chi connectivity index (χ3v) is 2.44. The summed E-state index contributed by atoms with van der Waals surface area (Å²) in [5.41, 5.74) is 7.20. The molecule has 1 unspecified atom stereocenters. The third kappa shape index (κ3) is 2.22. The minimum atomic E-state index is -0.0194. The lowest BCUT2D eigenvalue weighted by atomic mass is 10.0. The van der Waals surface area contributed by atoms with Gasteiger partial charge in [0, 0.05) is 19.5 Å². The molecule has 78 valence electrons. The van der Waals surface area contributed by atoms with Crippen molar-refractivity contribution >= 4 is 0 Å². The van der Waals surface area contributed by atoms with E-state index in [9.17, 15) is 0 Å². The summed E-state index contributed by atoms with van der Waals surface area (Å²) in [4.78, 5) is 0. The number of nitrogens with zero attached hydrogens (tertiary/aromatic N) is 3. The molecule has 2 N–H and O–H groups in total. The van der Waals surface area contributed by atoms with Crippen LogP contribution >= 0.6 is 0 Å². The zero-order valence-electron chi connectivity index (χ0n) is 8.67. The largest absolute Gasteiger partial charge is 0.324 e. The van der Waals surface area contributed by atoms with Gasteiger partial charge in [0.25, 0.3) is 0 Å². The Morgan fingerprint density at radius 2 is 2.07 bits per heavy atom. The fourth-order valence-corrected chi connectivity index (χ4v) is 1.51. The molecule has 0 aliphatic carbocycles. The van der Waals surface area contributed by atoms with Crippen LogP contribution in [0.15, 0.2) is 36.7 Å². The van der Waals surface area contributed by atoms with Crippen molar-refractivity contribution in [1.29, 1.82) is 0 Å². The molecule has 1 heterocycles. The van der Waals surface area contributed by atoms with Crippen LogP contribution in [-0.2, 0) is 13.5 Å². The van der Waals surface area contributed by atoms with Gasteiger partial charge >= 0.3 is 0 Å². The summed E-state index contributed by atoms with van der Waals surface area (Å²) < 4.78 is 1.89. The number of hydrogen-bond donors (Lipinski definition) is 1. The molecule has 0 spiro atoms. The van der Waals surface area contributed by atoms with Gasteiger partial charge in [0.15, 0.2) is 0 Å². The highest BCUT2D eigenvalue weighted by atomic mass is 15.2. The molecule has 4 nitrogen and oxygen atoms in total. The first kappa shape index (κ1) is 9.86. The smallest absolute Gasteiger partial charge is 0.134 e. The standard InChI is InChI=1S/C11H14N4/c1-15-8-13-14-11(15)7-10(12)9-5-3-2-4-6-9/h2-6,8,10H,7,12H2,1H3. The fraction of sp³-hybridized carbons (Fsp3) is 0.273. The highest BCUT2D eigenvalue weighted by molar-refractivity contribution is 5.19. The Hall–Kier alpha value is -1.68. The molecule has 0 aliphatic rings. The van der Waals surface area contributed by atoms with Gasteiger partial charge in [0.05, 0.1) is 0 Å². The van der Waals surface area contributed by atoms with Crippen LogP contribution in [0.4, 0.5) is 0 Å². The maximum absolute atomic E-state index is 6.07. The number of nitrogens with two attached hydrogens (primary N) is 1. The van der Waals surface area contributed by atoms with Gasteiger partial charge < -0.3 is 10.3 Å². The van der Waals surface area contributed by atoms with Gasteiger partial charge in [-0.05, 0) is 5.56 Å². The van der Waals surface area contributed by atoms with E-state index >= 15 is 0 Å². The van der Waals surface area contributed by atoms with Gasteiger partial charge in [-0.3, -0.25) is 0 Å². The Kier molecular flexibility index (Phi) is 2.78. The van der Waals surface area contributed by atoms with Crippen molar-refractivity contribution in [3.05, 3.63) is 48.0 Å². The Bertz CT molecular complexity index is 421. The van der Waals surface area contributed by atoms with Crippen LogP contribution in [0, 0.1) is 0 Å². The van der Waals surface area contributed by atoms with Crippen LogP contribution in [0.2, 0.25) is 0 Å². The number of rotatable bonds is 3. The first-order chi connectivity index (χ1) is 7.27. The summed E-state index contributed by atoms with van der Waals surface area (Å²) in [6.45, 7) is 0. The average Bonchev–Trinajstić information content (AvgIpc) is 2.66. The quantitative estimate of drug-likeness (QED) is 0.809. The van der Waals surface area contributed by atoms with E-state index in [-0.39, 0.29) is 6.04 Å². The van der Waals surface area contributed by atoms with Crippen molar-refractivity contribution in [2.24, 2.45) is 12.8 Å². The molecular weight excluding hydrogens is 188 g/mol. The molecule has 4 heteroatoms. The molecule has 0 amide bonds. The van der Waals surface area contributed by atoms with E-state index in [4.69, 9.17) is 5.73 Å². The summed E-state index contributed by atoms with van der Waals surface area (Å²) in [6, 6.07) is 10.0. The van der Waals surface area contributed by atoms with Crippen molar-refractivity contribution in [3.63, 3.8) is 0 Å². The summed E-state index contributed by atoms with van der Waals surface area (Å²) in [5, 5.41) is 7.84. The van der Waals surface area contributed by atoms with Gasteiger partial charge in [0.2, 0.25) is 0 Å². The summed E-state index contributed by atoms with van der Waals surface area (Å²) >= 11 is 0. The Balaban J connectivity index is 2.11. The first-order valence-corrected chi connectivity index (χ1v) is 4.91. The lowest BCUT2D eigenvalue weighted by Gasteiger charge is -2.10. The van der Waals surface area contributed by atoms with E-state index < -0.39 is 0 Å². The van der Waals surface area contributed by atoms with E-state index in [1.165, 1.54) is 0 Å². The Labute approximate surface area is 88.8 Å². The van der Waals surface area contributed by atoms with Gasteiger partial charge in [0.1, 0.15) is 12.2 Å². The summed E-state index contributed by atoms with van der Waals surface area (Å²) in [6.07, 6.45) is 2.40. The average molecular weight is 202 g/mol. The summed E-state index contributed by atoms with van der Waals surface area (Å²) in [7, 11) is 1.92. The zero-order valence-corrected chi connectivity index (χ0v) is 8.67. The van der Waals surface area contributed by atoms with Crippen molar-refractivity contribution in [2.45, 2.75) is 12.5 Å². The number of benzene rings is 1. The molecule has 0 radical (unpaired) electrons. The number of aryl methyl sites for hydroxylation is 1. The molecule has 0 saturated carbocycles. The molecule has 0 saturated heterocycles. The monoisotopic (exact) mass is 202 g/mol. The van der Waals surface area contributed by atoms with E-state index in [1.54, 1.807) is 6.33 Å². The Morgan fingerprint density at radius 1 is 1.33 bits per heavy atom. The van der Waals surface area contributed by atoms with Crippen LogP contribution in [0.1, 0.15) is 17.4 Å². The maximum Gasteiger partial charge on any atom is 0.134 e. The molecule has 0 aliphatic heterocycles. The van der Waals surface area contributed by atoms with Crippen LogP contribution in [0.5, 0.6) is 0 Å². The van der Waals surface area contributed by atoms with E-state index in [0.717, 1.165) is 11.4 Å². The maximum atomic E-state index is 6.07. The van der Waals surface area contributed by atoms with E-state index in [0.29, 0.717) is 6.42 Å².